The van der Waals surface area contributed by atoms with E-state index < -0.39 is 0 Å². The zero-order valence-electron chi connectivity index (χ0n) is 7.71. The Labute approximate surface area is 86.9 Å². The van der Waals surface area contributed by atoms with Gasteiger partial charge in [-0.3, -0.25) is 10.8 Å². The number of aryl methyl sites for hydroxylation is 1. The van der Waals surface area contributed by atoms with Crippen LogP contribution in [0.15, 0.2) is 24.4 Å². The van der Waals surface area contributed by atoms with Crippen molar-refractivity contribution in [3.63, 3.8) is 0 Å². The predicted octanol–water partition coefficient (Wildman–Crippen LogP) is 2.48. The fourth-order valence-electron chi connectivity index (χ4n) is 1.51. The monoisotopic (exact) mass is 207 g/mol. The molecule has 1 aromatic carbocycles. The van der Waals surface area contributed by atoms with Gasteiger partial charge in [0.1, 0.15) is 0 Å². The molecular weight excluding hydrogens is 198 g/mol. The third-order valence-electron chi connectivity index (χ3n) is 2.16. The van der Waals surface area contributed by atoms with Gasteiger partial charge < -0.3 is 5.43 Å². The molecule has 0 aliphatic carbocycles. The average Bonchev–Trinajstić information content (AvgIpc) is 2.17. The van der Waals surface area contributed by atoms with Crippen molar-refractivity contribution in [1.82, 2.24) is 4.98 Å². The molecule has 1 aromatic heterocycles. The SMILES string of the molecule is Cc1cc(Cl)cc2c(NN)ccnc12. The molecule has 0 amide bonds. The summed E-state index contributed by atoms with van der Waals surface area (Å²) in [7, 11) is 0. The number of anilines is 1. The van der Waals surface area contributed by atoms with E-state index in [1.807, 2.05) is 25.1 Å². The summed E-state index contributed by atoms with van der Waals surface area (Å²) in [4.78, 5) is 4.28. The molecule has 0 aliphatic rings. The molecule has 14 heavy (non-hydrogen) atoms. The zero-order chi connectivity index (χ0) is 10.1. The van der Waals surface area contributed by atoms with Crippen LogP contribution in [0.2, 0.25) is 5.02 Å². The Bertz CT molecular complexity index is 482. The van der Waals surface area contributed by atoms with Crippen LogP contribution >= 0.6 is 11.6 Å². The van der Waals surface area contributed by atoms with Gasteiger partial charge in [-0.15, -0.1) is 0 Å². The van der Waals surface area contributed by atoms with Crippen LogP contribution < -0.4 is 11.3 Å². The first kappa shape index (κ1) is 9.24. The number of hydrogen-bond acceptors (Lipinski definition) is 3. The Morgan fingerprint density at radius 1 is 1.43 bits per heavy atom. The van der Waals surface area contributed by atoms with Crippen molar-refractivity contribution in [3.8, 4) is 0 Å². The van der Waals surface area contributed by atoms with Crippen molar-refractivity contribution in [2.75, 3.05) is 5.43 Å². The van der Waals surface area contributed by atoms with E-state index in [0.717, 1.165) is 22.2 Å². The summed E-state index contributed by atoms with van der Waals surface area (Å²) in [6.45, 7) is 1.97. The molecular formula is C10H10ClN3. The lowest BCUT2D eigenvalue weighted by molar-refractivity contribution is 1.32. The van der Waals surface area contributed by atoms with Gasteiger partial charge in [0, 0.05) is 16.6 Å². The van der Waals surface area contributed by atoms with E-state index in [1.165, 1.54) is 0 Å². The minimum atomic E-state index is 0.694. The molecule has 0 aliphatic heterocycles. The first-order valence-electron chi connectivity index (χ1n) is 4.24. The molecule has 0 saturated heterocycles. The number of fused-ring (bicyclic) bond motifs is 1. The summed E-state index contributed by atoms with van der Waals surface area (Å²) in [6, 6.07) is 5.56. The Hall–Kier alpha value is -1.32. The molecule has 0 fully saturated rings. The van der Waals surface area contributed by atoms with E-state index in [-0.39, 0.29) is 0 Å². The molecule has 2 rings (SSSR count). The Morgan fingerprint density at radius 3 is 2.93 bits per heavy atom. The molecule has 0 bridgehead atoms. The maximum absolute atomic E-state index is 5.96. The Morgan fingerprint density at radius 2 is 2.21 bits per heavy atom. The quantitative estimate of drug-likeness (QED) is 0.558. The summed E-state index contributed by atoms with van der Waals surface area (Å²) in [5.41, 5.74) is 5.43. The fourth-order valence-corrected chi connectivity index (χ4v) is 1.79. The van der Waals surface area contributed by atoms with Gasteiger partial charge in [-0.05, 0) is 30.7 Å². The highest BCUT2D eigenvalue weighted by Crippen LogP contribution is 2.26. The average molecular weight is 208 g/mol. The second-order valence-electron chi connectivity index (χ2n) is 3.12. The molecule has 4 heteroatoms. The summed E-state index contributed by atoms with van der Waals surface area (Å²) >= 11 is 5.96. The number of rotatable bonds is 1. The first-order chi connectivity index (χ1) is 6.72. The fraction of sp³-hybridized carbons (Fsp3) is 0.100. The summed E-state index contributed by atoms with van der Waals surface area (Å²) in [5.74, 6) is 5.40. The van der Waals surface area contributed by atoms with Gasteiger partial charge in [-0.25, -0.2) is 0 Å². The normalized spacial score (nSPS) is 10.5. The number of nitrogens with zero attached hydrogens (tertiary/aromatic N) is 1. The van der Waals surface area contributed by atoms with Crippen molar-refractivity contribution >= 4 is 28.2 Å². The summed E-state index contributed by atoms with van der Waals surface area (Å²) < 4.78 is 0. The van der Waals surface area contributed by atoms with Gasteiger partial charge in [0.15, 0.2) is 0 Å². The summed E-state index contributed by atoms with van der Waals surface area (Å²) in [6.07, 6.45) is 1.72. The standard InChI is InChI=1S/C10H10ClN3/c1-6-4-7(11)5-8-9(14-12)2-3-13-10(6)8/h2-5H,12H2,1H3,(H,13,14). The highest BCUT2D eigenvalue weighted by atomic mass is 35.5. The van der Waals surface area contributed by atoms with Crippen LogP contribution in [-0.2, 0) is 0 Å². The van der Waals surface area contributed by atoms with Crippen molar-refractivity contribution in [1.29, 1.82) is 0 Å². The van der Waals surface area contributed by atoms with Crippen LogP contribution in [0.25, 0.3) is 10.9 Å². The van der Waals surface area contributed by atoms with Crippen molar-refractivity contribution in [2.45, 2.75) is 6.92 Å². The largest absolute Gasteiger partial charge is 0.323 e. The number of aromatic nitrogens is 1. The number of benzene rings is 1. The third-order valence-corrected chi connectivity index (χ3v) is 2.37. The number of hydrogen-bond donors (Lipinski definition) is 2. The van der Waals surface area contributed by atoms with Crippen LogP contribution in [0.1, 0.15) is 5.56 Å². The van der Waals surface area contributed by atoms with Crippen LogP contribution in [0.3, 0.4) is 0 Å². The van der Waals surface area contributed by atoms with Gasteiger partial charge >= 0.3 is 0 Å². The minimum absolute atomic E-state index is 0.694. The number of nitrogens with one attached hydrogen (secondary N) is 1. The van der Waals surface area contributed by atoms with E-state index in [4.69, 9.17) is 17.4 Å². The van der Waals surface area contributed by atoms with Gasteiger partial charge in [-0.1, -0.05) is 11.6 Å². The maximum atomic E-state index is 5.96. The Balaban J connectivity index is 2.86. The highest BCUT2D eigenvalue weighted by molar-refractivity contribution is 6.31. The zero-order valence-corrected chi connectivity index (χ0v) is 8.47. The van der Waals surface area contributed by atoms with Gasteiger partial charge in [0.25, 0.3) is 0 Å². The number of pyridine rings is 1. The van der Waals surface area contributed by atoms with Crippen LogP contribution in [-0.4, -0.2) is 4.98 Å². The molecule has 0 unspecified atom stereocenters. The lowest BCUT2D eigenvalue weighted by Gasteiger charge is -2.07. The van der Waals surface area contributed by atoms with Crippen LogP contribution in [0.4, 0.5) is 5.69 Å². The number of nitrogen functional groups attached to an aromatic ring is 1. The molecule has 3 nitrogen and oxygen atoms in total. The third kappa shape index (κ3) is 1.41. The maximum Gasteiger partial charge on any atom is 0.0753 e. The van der Waals surface area contributed by atoms with E-state index in [2.05, 4.69) is 10.4 Å². The van der Waals surface area contributed by atoms with E-state index >= 15 is 0 Å². The highest BCUT2D eigenvalue weighted by Gasteiger charge is 2.04. The van der Waals surface area contributed by atoms with Crippen LogP contribution in [0, 0.1) is 6.92 Å². The smallest absolute Gasteiger partial charge is 0.0753 e. The molecule has 72 valence electrons. The second kappa shape index (κ2) is 3.44. The van der Waals surface area contributed by atoms with Crippen molar-refractivity contribution in [2.24, 2.45) is 5.84 Å². The van der Waals surface area contributed by atoms with Gasteiger partial charge in [0.05, 0.1) is 11.2 Å². The van der Waals surface area contributed by atoms with Gasteiger partial charge in [0.2, 0.25) is 0 Å². The van der Waals surface area contributed by atoms with Crippen LogP contribution in [0.5, 0.6) is 0 Å². The lowest BCUT2D eigenvalue weighted by Crippen LogP contribution is -2.07. The first-order valence-corrected chi connectivity index (χ1v) is 4.61. The molecule has 0 radical (unpaired) electrons. The van der Waals surface area contributed by atoms with Crippen molar-refractivity contribution in [3.05, 3.63) is 35.0 Å². The second-order valence-corrected chi connectivity index (χ2v) is 3.56. The molecule has 0 saturated carbocycles. The molecule has 3 N–H and O–H groups in total. The van der Waals surface area contributed by atoms with E-state index in [1.54, 1.807) is 6.20 Å². The van der Waals surface area contributed by atoms with E-state index in [9.17, 15) is 0 Å². The lowest BCUT2D eigenvalue weighted by atomic mass is 10.1. The number of nitrogens with two attached hydrogens (primary N) is 1. The van der Waals surface area contributed by atoms with Gasteiger partial charge in [-0.2, -0.15) is 0 Å². The molecule has 2 aromatic rings. The van der Waals surface area contributed by atoms with E-state index in [0.29, 0.717) is 5.02 Å². The topological polar surface area (TPSA) is 50.9 Å². The molecule has 1 heterocycles. The minimum Gasteiger partial charge on any atom is -0.323 e. The van der Waals surface area contributed by atoms with Crippen molar-refractivity contribution < 1.29 is 0 Å². The molecule has 0 spiro atoms. The predicted molar refractivity (Wildman–Crippen MR) is 59.3 cm³/mol. The Kier molecular flexibility index (Phi) is 2.27. The molecule has 0 atom stereocenters. The summed E-state index contributed by atoms with van der Waals surface area (Å²) in [5, 5.41) is 1.64. The number of halogens is 1. The number of hydrazine groups is 1.